The smallest absolute Gasteiger partial charge is 0.305 e. The molecule has 0 saturated carbocycles. The van der Waals surface area contributed by atoms with Crippen molar-refractivity contribution in [2.45, 2.75) is 12.8 Å². The van der Waals surface area contributed by atoms with E-state index in [2.05, 4.69) is 4.74 Å². The summed E-state index contributed by atoms with van der Waals surface area (Å²) in [5.41, 5.74) is 0.878. The fraction of sp³-hybridized carbons (Fsp3) is 0.250. The molecule has 1 heterocycles. The zero-order valence-corrected chi connectivity index (χ0v) is 9.64. The predicted molar refractivity (Wildman–Crippen MR) is 62.1 cm³/mol. The van der Waals surface area contributed by atoms with E-state index < -0.39 is 0 Å². The third kappa shape index (κ3) is 2.07. The molecule has 16 heavy (non-hydrogen) atoms. The molecule has 0 amide bonds. The second-order valence-corrected chi connectivity index (χ2v) is 4.36. The number of rotatable bonds is 3. The number of hydrogen-bond donors (Lipinski definition) is 0. The zero-order valence-electron chi connectivity index (χ0n) is 8.83. The highest BCUT2D eigenvalue weighted by atomic mass is 32.1. The minimum absolute atomic E-state index is 0.224. The Balaban J connectivity index is 2.28. The van der Waals surface area contributed by atoms with Crippen LogP contribution in [0.5, 0.6) is 0 Å². The van der Waals surface area contributed by atoms with Crippen molar-refractivity contribution in [3.8, 4) is 0 Å². The summed E-state index contributed by atoms with van der Waals surface area (Å²) in [6, 6.07) is 5.01. The summed E-state index contributed by atoms with van der Waals surface area (Å²) in [4.78, 5) is 11.0. The van der Waals surface area contributed by atoms with Crippen LogP contribution >= 0.6 is 11.3 Å². The first-order chi connectivity index (χ1) is 7.72. The number of halogens is 1. The SMILES string of the molecule is COC(=O)CCc1csc2cccc(F)c12. The number of thiophene rings is 1. The number of hydrogen-bond acceptors (Lipinski definition) is 3. The van der Waals surface area contributed by atoms with E-state index in [1.165, 1.54) is 24.5 Å². The molecule has 0 radical (unpaired) electrons. The average molecular weight is 238 g/mol. The van der Waals surface area contributed by atoms with Gasteiger partial charge in [-0.25, -0.2) is 4.39 Å². The normalized spacial score (nSPS) is 10.6. The van der Waals surface area contributed by atoms with Gasteiger partial charge in [0.1, 0.15) is 5.82 Å². The first-order valence-corrected chi connectivity index (χ1v) is 5.81. The summed E-state index contributed by atoms with van der Waals surface area (Å²) in [5.74, 6) is -0.491. The number of esters is 1. The first kappa shape index (κ1) is 11.1. The molecule has 0 aliphatic rings. The summed E-state index contributed by atoms with van der Waals surface area (Å²) in [6.07, 6.45) is 0.810. The van der Waals surface area contributed by atoms with Gasteiger partial charge in [-0.3, -0.25) is 4.79 Å². The van der Waals surface area contributed by atoms with Crippen molar-refractivity contribution >= 4 is 27.4 Å². The van der Waals surface area contributed by atoms with Gasteiger partial charge in [-0.05, 0) is 29.5 Å². The van der Waals surface area contributed by atoms with Crippen LogP contribution in [0.1, 0.15) is 12.0 Å². The van der Waals surface area contributed by atoms with E-state index >= 15 is 0 Å². The molecule has 0 fully saturated rings. The van der Waals surface area contributed by atoms with Crippen LogP contribution in [0.4, 0.5) is 4.39 Å². The lowest BCUT2D eigenvalue weighted by molar-refractivity contribution is -0.140. The average Bonchev–Trinajstić information content (AvgIpc) is 2.70. The standard InChI is InChI=1S/C12H11FO2S/c1-15-11(14)6-5-8-7-16-10-4-2-3-9(13)12(8)10/h2-4,7H,5-6H2,1H3. The predicted octanol–water partition coefficient (Wildman–Crippen LogP) is 3.15. The third-order valence-electron chi connectivity index (χ3n) is 2.45. The molecule has 0 bridgehead atoms. The lowest BCUT2D eigenvalue weighted by Crippen LogP contribution is -2.01. The summed E-state index contributed by atoms with van der Waals surface area (Å²) in [6.45, 7) is 0. The highest BCUT2D eigenvalue weighted by molar-refractivity contribution is 7.17. The lowest BCUT2D eigenvalue weighted by Gasteiger charge is -1.99. The van der Waals surface area contributed by atoms with Gasteiger partial charge in [0, 0.05) is 16.5 Å². The number of fused-ring (bicyclic) bond motifs is 1. The van der Waals surface area contributed by atoms with Gasteiger partial charge < -0.3 is 4.74 Å². The van der Waals surface area contributed by atoms with Gasteiger partial charge in [0.25, 0.3) is 0 Å². The highest BCUT2D eigenvalue weighted by Crippen LogP contribution is 2.29. The molecular weight excluding hydrogens is 227 g/mol. The quantitative estimate of drug-likeness (QED) is 0.768. The highest BCUT2D eigenvalue weighted by Gasteiger charge is 2.10. The van der Waals surface area contributed by atoms with Gasteiger partial charge >= 0.3 is 5.97 Å². The molecule has 0 saturated heterocycles. The van der Waals surface area contributed by atoms with Crippen LogP contribution in [0.25, 0.3) is 10.1 Å². The van der Waals surface area contributed by atoms with Gasteiger partial charge in [0.15, 0.2) is 0 Å². The van der Waals surface area contributed by atoms with Crippen LogP contribution in [0.15, 0.2) is 23.6 Å². The van der Waals surface area contributed by atoms with Gasteiger partial charge in [0.05, 0.1) is 7.11 Å². The van der Waals surface area contributed by atoms with Crippen molar-refractivity contribution in [2.24, 2.45) is 0 Å². The van der Waals surface area contributed by atoms with Crippen LogP contribution < -0.4 is 0 Å². The molecule has 2 aromatic rings. The summed E-state index contributed by atoms with van der Waals surface area (Å²) >= 11 is 1.50. The zero-order chi connectivity index (χ0) is 11.5. The van der Waals surface area contributed by atoms with Crippen molar-refractivity contribution in [1.82, 2.24) is 0 Å². The van der Waals surface area contributed by atoms with Gasteiger partial charge in [-0.1, -0.05) is 6.07 Å². The number of aryl methyl sites for hydroxylation is 1. The molecule has 1 aromatic carbocycles. The Morgan fingerprint density at radius 1 is 1.50 bits per heavy atom. The van der Waals surface area contributed by atoms with E-state index in [1.54, 1.807) is 6.07 Å². The van der Waals surface area contributed by atoms with Crippen molar-refractivity contribution in [2.75, 3.05) is 7.11 Å². The Kier molecular flexibility index (Phi) is 3.19. The van der Waals surface area contributed by atoms with E-state index in [4.69, 9.17) is 0 Å². The summed E-state index contributed by atoms with van der Waals surface area (Å²) in [7, 11) is 1.36. The molecule has 0 aliphatic carbocycles. The molecule has 84 valence electrons. The Bertz CT molecular complexity index is 519. The molecule has 0 atom stereocenters. The van der Waals surface area contributed by atoms with Gasteiger partial charge in [-0.2, -0.15) is 0 Å². The number of carbonyl (C=O) groups is 1. The molecule has 2 nitrogen and oxygen atoms in total. The summed E-state index contributed by atoms with van der Waals surface area (Å²) in [5, 5.41) is 2.54. The lowest BCUT2D eigenvalue weighted by atomic mass is 10.1. The van der Waals surface area contributed by atoms with E-state index in [-0.39, 0.29) is 18.2 Å². The van der Waals surface area contributed by atoms with Crippen molar-refractivity contribution < 1.29 is 13.9 Å². The number of methoxy groups -OCH3 is 1. The number of carbonyl (C=O) groups excluding carboxylic acids is 1. The number of ether oxygens (including phenoxy) is 1. The first-order valence-electron chi connectivity index (χ1n) is 4.94. The minimum Gasteiger partial charge on any atom is -0.469 e. The van der Waals surface area contributed by atoms with E-state index in [1.807, 2.05) is 11.4 Å². The van der Waals surface area contributed by atoms with Gasteiger partial charge in [0.2, 0.25) is 0 Å². The van der Waals surface area contributed by atoms with Crippen LogP contribution in [0.3, 0.4) is 0 Å². The Labute approximate surface area is 96.7 Å². The van der Waals surface area contributed by atoms with Crippen molar-refractivity contribution in [1.29, 1.82) is 0 Å². The Morgan fingerprint density at radius 2 is 2.31 bits per heavy atom. The maximum atomic E-state index is 13.6. The van der Waals surface area contributed by atoms with Crippen LogP contribution in [0, 0.1) is 5.82 Å². The second-order valence-electron chi connectivity index (χ2n) is 3.45. The molecular formula is C12H11FO2S. The topological polar surface area (TPSA) is 26.3 Å². The third-order valence-corrected chi connectivity index (χ3v) is 3.45. The van der Waals surface area contributed by atoms with Crippen LogP contribution in [0.2, 0.25) is 0 Å². The molecule has 2 rings (SSSR count). The summed E-state index contributed by atoms with van der Waals surface area (Å²) < 4.78 is 19.1. The van der Waals surface area contributed by atoms with Crippen LogP contribution in [-0.2, 0) is 16.0 Å². The molecule has 0 aliphatic heterocycles. The fourth-order valence-corrected chi connectivity index (χ4v) is 2.64. The van der Waals surface area contributed by atoms with Crippen molar-refractivity contribution in [3.05, 3.63) is 35.0 Å². The Hall–Kier alpha value is -1.42. The monoisotopic (exact) mass is 238 g/mol. The van der Waals surface area contributed by atoms with E-state index in [0.29, 0.717) is 11.8 Å². The number of benzene rings is 1. The largest absolute Gasteiger partial charge is 0.469 e. The second kappa shape index (κ2) is 4.61. The van der Waals surface area contributed by atoms with Crippen molar-refractivity contribution in [3.63, 3.8) is 0 Å². The van der Waals surface area contributed by atoms with Crippen LogP contribution in [-0.4, -0.2) is 13.1 Å². The molecule has 1 aromatic heterocycles. The van der Waals surface area contributed by atoms with E-state index in [9.17, 15) is 9.18 Å². The van der Waals surface area contributed by atoms with E-state index in [0.717, 1.165) is 10.3 Å². The molecule has 0 unspecified atom stereocenters. The molecule has 0 N–H and O–H groups in total. The fourth-order valence-electron chi connectivity index (χ4n) is 1.63. The maximum Gasteiger partial charge on any atom is 0.305 e. The maximum absolute atomic E-state index is 13.6. The molecule has 0 spiro atoms. The minimum atomic E-state index is -0.268. The molecule has 4 heteroatoms. The van der Waals surface area contributed by atoms with Gasteiger partial charge in [-0.15, -0.1) is 11.3 Å². The Morgan fingerprint density at radius 3 is 3.06 bits per heavy atom.